The van der Waals surface area contributed by atoms with Crippen molar-refractivity contribution in [2.24, 2.45) is 5.92 Å². The maximum absolute atomic E-state index is 12.5. The van der Waals surface area contributed by atoms with E-state index in [0.717, 1.165) is 17.4 Å². The highest BCUT2D eigenvalue weighted by atomic mass is 16.5. The van der Waals surface area contributed by atoms with Crippen LogP contribution < -0.4 is 5.32 Å². The van der Waals surface area contributed by atoms with Gasteiger partial charge in [-0.3, -0.25) is 4.79 Å². The van der Waals surface area contributed by atoms with Crippen LogP contribution in [0.5, 0.6) is 0 Å². The average Bonchev–Trinajstić information content (AvgIpc) is 2.81. The van der Waals surface area contributed by atoms with Crippen molar-refractivity contribution in [3.8, 4) is 0 Å². The van der Waals surface area contributed by atoms with Crippen LogP contribution in [0.25, 0.3) is 10.9 Å². The van der Waals surface area contributed by atoms with Gasteiger partial charge in [-0.2, -0.15) is 0 Å². The third kappa shape index (κ3) is 4.61. The van der Waals surface area contributed by atoms with Gasteiger partial charge in [-0.1, -0.05) is 6.92 Å². The Morgan fingerprint density at radius 3 is 2.68 bits per heavy atom. The van der Waals surface area contributed by atoms with E-state index in [0.29, 0.717) is 25.1 Å². The van der Waals surface area contributed by atoms with Crippen LogP contribution in [0.3, 0.4) is 0 Å². The van der Waals surface area contributed by atoms with E-state index in [4.69, 9.17) is 4.74 Å². The Balaban J connectivity index is 2.17. The molecule has 5 heteroatoms. The Bertz CT molecular complexity index is 734. The fourth-order valence-corrected chi connectivity index (χ4v) is 3.30. The van der Waals surface area contributed by atoms with Gasteiger partial charge in [0.15, 0.2) is 0 Å². The summed E-state index contributed by atoms with van der Waals surface area (Å²) in [5.41, 5.74) is 4.20. The van der Waals surface area contributed by atoms with Crippen molar-refractivity contribution in [1.29, 1.82) is 0 Å². The number of benzene rings is 1. The number of nitrogens with zero attached hydrogens (tertiary/aromatic N) is 1. The molecule has 138 valence electrons. The number of ether oxygens (including phenoxy) is 1. The summed E-state index contributed by atoms with van der Waals surface area (Å²) in [7, 11) is 1.70. The van der Waals surface area contributed by atoms with Crippen LogP contribution in [0, 0.1) is 19.8 Å². The van der Waals surface area contributed by atoms with Crippen LogP contribution in [0.15, 0.2) is 18.2 Å². The lowest BCUT2D eigenvalue weighted by atomic mass is 10.0. The maximum Gasteiger partial charge on any atom is 0.251 e. The second-order valence-electron chi connectivity index (χ2n) is 6.99. The van der Waals surface area contributed by atoms with E-state index in [9.17, 15) is 9.90 Å². The summed E-state index contributed by atoms with van der Waals surface area (Å²) in [5.74, 6) is 0.174. The van der Waals surface area contributed by atoms with Crippen molar-refractivity contribution >= 4 is 16.8 Å². The first kappa shape index (κ1) is 19.5. The van der Waals surface area contributed by atoms with Gasteiger partial charge in [0.25, 0.3) is 5.91 Å². The Morgan fingerprint density at radius 1 is 1.32 bits per heavy atom. The van der Waals surface area contributed by atoms with Crippen LogP contribution in [-0.4, -0.2) is 41.9 Å². The molecule has 2 atom stereocenters. The SMILES string of the molecule is COCCn1c(C)c(C)c2cc(C(=O)NCC(C)CC(C)O)ccc21. The van der Waals surface area contributed by atoms with Gasteiger partial charge in [0.2, 0.25) is 0 Å². The molecule has 0 spiro atoms. The van der Waals surface area contributed by atoms with E-state index in [1.54, 1.807) is 14.0 Å². The smallest absolute Gasteiger partial charge is 0.251 e. The maximum atomic E-state index is 12.5. The molecule has 0 aliphatic heterocycles. The van der Waals surface area contributed by atoms with E-state index in [2.05, 4.69) is 23.7 Å². The van der Waals surface area contributed by atoms with Gasteiger partial charge in [-0.15, -0.1) is 0 Å². The van der Waals surface area contributed by atoms with Crippen molar-refractivity contribution in [1.82, 2.24) is 9.88 Å². The summed E-state index contributed by atoms with van der Waals surface area (Å²) in [5, 5.41) is 13.5. The number of rotatable bonds is 8. The van der Waals surface area contributed by atoms with Crippen LogP contribution >= 0.6 is 0 Å². The second-order valence-corrected chi connectivity index (χ2v) is 6.99. The molecule has 0 aliphatic carbocycles. The van der Waals surface area contributed by atoms with Crippen molar-refractivity contribution in [2.75, 3.05) is 20.3 Å². The molecule has 0 radical (unpaired) electrons. The van der Waals surface area contributed by atoms with E-state index < -0.39 is 0 Å². The molecule has 2 N–H and O–H groups in total. The number of aliphatic hydroxyl groups excluding tert-OH is 1. The molecule has 0 aliphatic rings. The molecule has 0 saturated carbocycles. The summed E-state index contributed by atoms with van der Waals surface area (Å²) in [6.07, 6.45) is 0.334. The number of methoxy groups -OCH3 is 1. The number of nitrogens with one attached hydrogen (secondary N) is 1. The summed E-state index contributed by atoms with van der Waals surface area (Å²) < 4.78 is 7.44. The predicted octanol–water partition coefficient (Wildman–Crippen LogP) is 3.04. The molecule has 5 nitrogen and oxygen atoms in total. The fourth-order valence-electron chi connectivity index (χ4n) is 3.30. The lowest BCUT2D eigenvalue weighted by Gasteiger charge is -2.14. The highest BCUT2D eigenvalue weighted by Crippen LogP contribution is 2.26. The Labute approximate surface area is 150 Å². The van der Waals surface area contributed by atoms with Gasteiger partial charge in [0.1, 0.15) is 0 Å². The summed E-state index contributed by atoms with van der Waals surface area (Å²) in [6, 6.07) is 5.86. The largest absolute Gasteiger partial charge is 0.393 e. The molecule has 1 heterocycles. The van der Waals surface area contributed by atoms with E-state index in [-0.39, 0.29) is 17.9 Å². The lowest BCUT2D eigenvalue weighted by molar-refractivity contribution is 0.0939. The van der Waals surface area contributed by atoms with Crippen molar-refractivity contribution in [3.05, 3.63) is 35.0 Å². The van der Waals surface area contributed by atoms with Gasteiger partial charge in [0, 0.05) is 42.4 Å². The van der Waals surface area contributed by atoms with Crippen molar-refractivity contribution in [2.45, 2.75) is 46.8 Å². The topological polar surface area (TPSA) is 63.5 Å². The molecule has 1 aromatic carbocycles. The summed E-state index contributed by atoms with van der Waals surface area (Å²) in [6.45, 7) is 10.0. The minimum atomic E-state index is -0.347. The van der Waals surface area contributed by atoms with Crippen LogP contribution in [0.4, 0.5) is 0 Å². The number of carbonyl (C=O) groups is 1. The average molecular weight is 346 g/mol. The van der Waals surface area contributed by atoms with Gasteiger partial charge in [-0.25, -0.2) is 0 Å². The highest BCUT2D eigenvalue weighted by molar-refractivity contribution is 5.99. The minimum Gasteiger partial charge on any atom is -0.393 e. The summed E-state index contributed by atoms with van der Waals surface area (Å²) >= 11 is 0. The molecule has 2 unspecified atom stereocenters. The van der Waals surface area contributed by atoms with Gasteiger partial charge >= 0.3 is 0 Å². The molecule has 0 saturated heterocycles. The third-order valence-corrected chi connectivity index (χ3v) is 4.77. The Morgan fingerprint density at radius 2 is 2.04 bits per heavy atom. The first-order chi connectivity index (χ1) is 11.8. The van der Waals surface area contributed by atoms with Gasteiger partial charge in [-0.05, 0) is 56.9 Å². The van der Waals surface area contributed by atoms with Crippen LogP contribution in [0.1, 0.15) is 41.9 Å². The van der Waals surface area contributed by atoms with E-state index in [1.807, 2.05) is 25.1 Å². The molecule has 0 bridgehead atoms. The molecular weight excluding hydrogens is 316 g/mol. The standard InChI is InChI=1S/C20H30N2O3/c1-13(10-14(2)23)12-21-20(24)17-6-7-19-18(11-17)15(3)16(4)22(19)8-9-25-5/h6-7,11,13-14,23H,8-10,12H2,1-5H3,(H,21,24). The zero-order valence-corrected chi connectivity index (χ0v) is 15.9. The monoisotopic (exact) mass is 346 g/mol. The molecule has 1 aromatic heterocycles. The van der Waals surface area contributed by atoms with Crippen molar-refractivity contribution < 1.29 is 14.6 Å². The normalized spacial score (nSPS) is 13.8. The second kappa shape index (κ2) is 8.50. The van der Waals surface area contributed by atoms with E-state index in [1.165, 1.54) is 11.3 Å². The zero-order chi connectivity index (χ0) is 18.6. The summed E-state index contributed by atoms with van der Waals surface area (Å²) in [4.78, 5) is 12.5. The Hall–Kier alpha value is -1.85. The van der Waals surface area contributed by atoms with Crippen molar-refractivity contribution in [3.63, 3.8) is 0 Å². The van der Waals surface area contributed by atoms with E-state index >= 15 is 0 Å². The highest BCUT2D eigenvalue weighted by Gasteiger charge is 2.14. The van der Waals surface area contributed by atoms with Gasteiger partial charge < -0.3 is 19.7 Å². The number of aromatic nitrogens is 1. The first-order valence-corrected chi connectivity index (χ1v) is 8.89. The number of aryl methyl sites for hydroxylation is 1. The number of hydrogen-bond donors (Lipinski definition) is 2. The fraction of sp³-hybridized carbons (Fsp3) is 0.550. The predicted molar refractivity (Wildman–Crippen MR) is 101 cm³/mol. The number of amides is 1. The molecule has 25 heavy (non-hydrogen) atoms. The molecule has 0 fully saturated rings. The van der Waals surface area contributed by atoms with Crippen LogP contribution in [-0.2, 0) is 11.3 Å². The quantitative estimate of drug-likeness (QED) is 0.772. The lowest BCUT2D eigenvalue weighted by Crippen LogP contribution is -2.29. The first-order valence-electron chi connectivity index (χ1n) is 8.89. The third-order valence-electron chi connectivity index (χ3n) is 4.77. The number of carbonyl (C=O) groups excluding carboxylic acids is 1. The molecular formula is C20H30N2O3. The molecule has 1 amide bonds. The molecule has 2 aromatic rings. The van der Waals surface area contributed by atoms with Gasteiger partial charge in [0.05, 0.1) is 12.7 Å². The zero-order valence-electron chi connectivity index (χ0n) is 15.9. The minimum absolute atomic E-state index is 0.0685. The molecule has 2 rings (SSSR count). The number of aliphatic hydroxyl groups is 1. The number of hydrogen-bond acceptors (Lipinski definition) is 3. The van der Waals surface area contributed by atoms with Crippen LogP contribution in [0.2, 0.25) is 0 Å². The number of fused-ring (bicyclic) bond motifs is 1. The Kier molecular flexibility index (Phi) is 6.62.